The van der Waals surface area contributed by atoms with Crippen molar-refractivity contribution in [3.05, 3.63) is 0 Å². The molecule has 11 nitrogen and oxygen atoms in total. The van der Waals surface area contributed by atoms with Crippen LogP contribution in [0.2, 0.25) is 0 Å². The normalized spacial score (nSPS) is 11.4. The number of hydrogen-bond acceptors (Lipinski definition) is 11. The van der Waals surface area contributed by atoms with Crippen molar-refractivity contribution in [3.63, 3.8) is 0 Å². The summed E-state index contributed by atoms with van der Waals surface area (Å²) in [5, 5.41) is 7.57. The molecule has 0 aromatic heterocycles. The summed E-state index contributed by atoms with van der Waals surface area (Å²) in [5.41, 5.74) is 0. The Labute approximate surface area is 124 Å². The van der Waals surface area contributed by atoms with Crippen LogP contribution in [0, 0.1) is 0 Å². The van der Waals surface area contributed by atoms with Gasteiger partial charge in [-0.1, -0.05) is 0 Å². The molecule has 0 saturated carbocycles. The Kier molecular flexibility index (Phi) is 30.9. The predicted molar refractivity (Wildman–Crippen MR) is 45.4 cm³/mol. The van der Waals surface area contributed by atoms with Gasteiger partial charge in [-0.15, -0.1) is 0 Å². The molecule has 0 fully saturated rings. The van der Waals surface area contributed by atoms with Gasteiger partial charge in [0, 0.05) is 6.61 Å². The van der Waals surface area contributed by atoms with Crippen LogP contribution in [0.15, 0.2) is 0 Å². The Balaban J connectivity index is -0.0000000857. The summed E-state index contributed by atoms with van der Waals surface area (Å²) in [4.78, 5) is 37.0. The molecule has 0 rings (SSSR count). The average molecular weight is 508 g/mol. The van der Waals surface area contributed by atoms with Gasteiger partial charge in [0.2, 0.25) is 0 Å². The summed E-state index contributed by atoms with van der Waals surface area (Å²) >= 11 is 0. The van der Waals surface area contributed by atoms with E-state index in [1.165, 1.54) is 0 Å². The van der Waals surface area contributed by atoms with Crippen molar-refractivity contribution >= 4 is 33.0 Å². The van der Waals surface area contributed by atoms with E-state index in [0.717, 1.165) is 0 Å². The molecule has 0 aliphatic carbocycles. The summed E-state index contributed by atoms with van der Waals surface area (Å²) in [5.74, 6) is 0. The van der Waals surface area contributed by atoms with Crippen LogP contribution in [-0.4, -0.2) is 11.7 Å². The largest absolute Gasteiger partial charge is 4.00 e. The molecule has 0 radical (unpaired) electrons. The van der Waals surface area contributed by atoms with E-state index in [1.54, 1.807) is 6.92 Å². The minimum Gasteiger partial charge on any atom is -0.563 e. The van der Waals surface area contributed by atoms with Gasteiger partial charge >= 0.3 is 58.9 Å². The zero-order valence-electron chi connectivity index (χ0n) is 8.53. The average Bonchev–Trinajstić information content (AvgIpc) is 1.99. The second kappa shape index (κ2) is 20.3. The molecule has 0 aliphatic heterocycles. The Hall–Kier alpha value is 0.990. The molecular weight excluding hydrogens is 502 g/mol. The topological polar surface area (TPSA) is 199 Å². The van der Waals surface area contributed by atoms with E-state index in [9.17, 15) is 37.8 Å². The SMILES string of the molecule is CCO.O=[P+]([O-])O[P+](=O)[O-].O=[P+]([O-])O[P+](=O)[O-].[Hf+4]. The number of rotatable bonds is 4. The third kappa shape index (κ3) is 53.7. The number of aliphatic hydroxyl groups is 1. The fourth-order valence-corrected chi connectivity index (χ4v) is 0.980. The third-order valence-corrected chi connectivity index (χ3v) is 2.40. The molecule has 1 N–H and O–H groups in total. The van der Waals surface area contributed by atoms with Crippen LogP contribution >= 0.6 is 33.0 Å². The van der Waals surface area contributed by atoms with Crippen LogP contribution in [-0.2, 0) is 52.7 Å². The van der Waals surface area contributed by atoms with E-state index in [4.69, 9.17) is 5.11 Å². The summed E-state index contributed by atoms with van der Waals surface area (Å²) in [7, 11) is -12.9. The van der Waals surface area contributed by atoms with Crippen LogP contribution in [0.4, 0.5) is 0 Å². The second-order valence-electron chi connectivity index (χ2n) is 1.37. The number of hydrogen-bond donors (Lipinski definition) is 1. The van der Waals surface area contributed by atoms with Crippen molar-refractivity contribution in [1.82, 2.24) is 0 Å². The van der Waals surface area contributed by atoms with Crippen molar-refractivity contribution in [1.29, 1.82) is 0 Å². The van der Waals surface area contributed by atoms with E-state index >= 15 is 0 Å². The van der Waals surface area contributed by atoms with E-state index in [0.29, 0.717) is 0 Å². The fourth-order valence-electron chi connectivity index (χ4n) is 0.109. The van der Waals surface area contributed by atoms with Gasteiger partial charge in [0.05, 0.1) is 0 Å². The summed E-state index contributed by atoms with van der Waals surface area (Å²) in [6.07, 6.45) is 0. The first-order valence-electron chi connectivity index (χ1n) is 3.21. The zero-order chi connectivity index (χ0) is 14.4. The molecule has 0 saturated heterocycles. The summed E-state index contributed by atoms with van der Waals surface area (Å²) < 4.78 is 43.3. The minimum atomic E-state index is -3.24. The Morgan fingerprint density at radius 3 is 0.944 bits per heavy atom. The van der Waals surface area contributed by atoms with Crippen molar-refractivity contribution in [2.24, 2.45) is 0 Å². The van der Waals surface area contributed by atoms with Crippen LogP contribution < -0.4 is 19.6 Å². The van der Waals surface area contributed by atoms with Crippen molar-refractivity contribution in [2.45, 2.75) is 6.92 Å². The quantitative estimate of drug-likeness (QED) is 0.328. The number of aliphatic hydroxyl groups excluding tert-OH is 1. The van der Waals surface area contributed by atoms with Gasteiger partial charge in [0.25, 0.3) is 0 Å². The van der Waals surface area contributed by atoms with Crippen molar-refractivity contribution < 1.29 is 77.4 Å². The van der Waals surface area contributed by atoms with Gasteiger partial charge in [0.1, 0.15) is 8.62 Å². The smallest absolute Gasteiger partial charge is 0.563 e. The van der Waals surface area contributed by atoms with E-state index in [2.05, 4.69) is 8.62 Å². The maximum absolute atomic E-state index is 9.24. The Bertz CT molecular complexity index is 218. The monoisotopic (exact) mass is 510 g/mol. The molecule has 0 aromatic rings. The van der Waals surface area contributed by atoms with Gasteiger partial charge in [-0.3, -0.25) is 0 Å². The predicted octanol–water partition coefficient (Wildman–Crippen LogP) is -1.93. The van der Waals surface area contributed by atoms with Crippen molar-refractivity contribution in [2.75, 3.05) is 6.61 Å². The summed E-state index contributed by atoms with van der Waals surface area (Å²) in [6, 6.07) is 0. The standard InChI is InChI=1S/C2H6O.Hf.2O5P2/c1-2-3;;2*1-6(2)5-7(3)4/h3H,2H2,1H3;;;/q;+4;;. The molecule has 0 bridgehead atoms. The van der Waals surface area contributed by atoms with Crippen LogP contribution in [0.25, 0.3) is 0 Å². The van der Waals surface area contributed by atoms with Crippen molar-refractivity contribution in [3.8, 4) is 0 Å². The van der Waals surface area contributed by atoms with Crippen LogP contribution in [0.3, 0.4) is 0 Å². The molecule has 0 heterocycles. The molecule has 16 heteroatoms. The van der Waals surface area contributed by atoms with E-state index in [1.807, 2.05) is 0 Å². The van der Waals surface area contributed by atoms with Gasteiger partial charge in [-0.25, -0.2) is 0 Å². The Morgan fingerprint density at radius 2 is 0.944 bits per heavy atom. The molecular formula is C2H6HfO11P4+4. The zero-order valence-corrected chi connectivity index (χ0v) is 15.7. The molecule has 4 unspecified atom stereocenters. The first-order valence-corrected chi connectivity index (χ1v) is 7.60. The van der Waals surface area contributed by atoms with Gasteiger partial charge in [-0.05, 0) is 25.2 Å². The second-order valence-corrected chi connectivity index (χ2v) is 4.47. The van der Waals surface area contributed by atoms with Crippen LogP contribution in [0.5, 0.6) is 0 Å². The van der Waals surface area contributed by atoms with Gasteiger partial charge in [0.15, 0.2) is 0 Å². The fraction of sp³-hybridized carbons (Fsp3) is 1.00. The van der Waals surface area contributed by atoms with E-state index < -0.39 is 33.0 Å². The van der Waals surface area contributed by atoms with Crippen LogP contribution in [0.1, 0.15) is 6.92 Å². The minimum absolute atomic E-state index is 0. The maximum atomic E-state index is 9.24. The Morgan fingerprint density at radius 1 is 0.833 bits per heavy atom. The third-order valence-electron chi connectivity index (χ3n) is 0.267. The first-order chi connectivity index (χ1) is 7.67. The van der Waals surface area contributed by atoms with Gasteiger partial charge < -0.3 is 24.7 Å². The van der Waals surface area contributed by atoms with E-state index in [-0.39, 0.29) is 32.5 Å². The molecule has 18 heavy (non-hydrogen) atoms. The molecule has 4 atom stereocenters. The molecule has 0 aromatic carbocycles. The first kappa shape index (κ1) is 27.4. The molecule has 0 spiro atoms. The molecule has 0 aliphatic rings. The molecule has 100 valence electrons. The van der Waals surface area contributed by atoms with Gasteiger partial charge in [-0.2, -0.15) is 0 Å². The summed E-state index contributed by atoms with van der Waals surface area (Å²) in [6.45, 7) is 1.93. The maximum Gasteiger partial charge on any atom is 4.00 e. The molecule has 0 amide bonds.